The zero-order valence-corrected chi connectivity index (χ0v) is 12.0. The van der Waals surface area contributed by atoms with Crippen molar-refractivity contribution in [2.75, 3.05) is 6.26 Å². The van der Waals surface area contributed by atoms with E-state index in [1.165, 1.54) is 6.26 Å². The van der Waals surface area contributed by atoms with Crippen molar-refractivity contribution in [1.82, 2.24) is 5.32 Å². The van der Waals surface area contributed by atoms with E-state index in [-0.39, 0.29) is 17.2 Å². The summed E-state index contributed by atoms with van der Waals surface area (Å²) in [7, 11) is -3.04. The molecular formula is C13H19NO3S. The highest BCUT2D eigenvalue weighted by Crippen LogP contribution is 2.09. The smallest absolute Gasteiger partial charge is 0.251 e. The lowest BCUT2D eigenvalue weighted by atomic mass is 10.1. The molecule has 18 heavy (non-hydrogen) atoms. The molecule has 4 nitrogen and oxygen atoms in total. The number of hydrogen-bond acceptors (Lipinski definition) is 3. The first-order chi connectivity index (χ1) is 8.07. The van der Waals surface area contributed by atoms with Crippen LogP contribution in [-0.4, -0.2) is 26.1 Å². The fraction of sp³-hybridized carbons (Fsp3) is 0.462. The molecule has 0 radical (unpaired) electrons. The Kier molecular flexibility index (Phi) is 4.16. The van der Waals surface area contributed by atoms with Crippen LogP contribution in [0.15, 0.2) is 24.3 Å². The number of hydrogen-bond donors (Lipinski definition) is 1. The fourth-order valence-corrected chi connectivity index (χ4v) is 2.27. The molecule has 0 bridgehead atoms. The molecule has 0 aliphatic heterocycles. The van der Waals surface area contributed by atoms with E-state index in [0.717, 1.165) is 0 Å². The second kappa shape index (κ2) is 5.10. The summed E-state index contributed by atoms with van der Waals surface area (Å²) in [6.07, 6.45) is 1.19. The minimum atomic E-state index is -3.04. The molecule has 0 heterocycles. The first kappa shape index (κ1) is 14.7. The minimum absolute atomic E-state index is 0.00578. The van der Waals surface area contributed by atoms with Gasteiger partial charge >= 0.3 is 0 Å². The molecule has 1 rings (SSSR count). The van der Waals surface area contributed by atoms with E-state index in [1.807, 2.05) is 20.8 Å². The number of rotatable bonds is 3. The molecule has 100 valence electrons. The highest BCUT2D eigenvalue weighted by molar-refractivity contribution is 7.89. The monoisotopic (exact) mass is 269 g/mol. The fourth-order valence-electron chi connectivity index (χ4n) is 1.47. The van der Waals surface area contributed by atoms with Crippen molar-refractivity contribution in [2.45, 2.75) is 32.1 Å². The predicted molar refractivity (Wildman–Crippen MR) is 72.2 cm³/mol. The van der Waals surface area contributed by atoms with Crippen molar-refractivity contribution in [3.63, 3.8) is 0 Å². The predicted octanol–water partition coefficient (Wildman–Crippen LogP) is 1.76. The minimum Gasteiger partial charge on any atom is -0.347 e. The average molecular weight is 269 g/mol. The van der Waals surface area contributed by atoms with Crippen LogP contribution in [0.4, 0.5) is 0 Å². The van der Waals surface area contributed by atoms with Crippen molar-refractivity contribution >= 4 is 15.7 Å². The number of nitrogens with one attached hydrogen (secondary N) is 1. The summed E-state index contributed by atoms with van der Waals surface area (Å²) in [4.78, 5) is 11.8. The molecule has 0 spiro atoms. The standard InChI is InChI=1S/C13H19NO3S/c1-13(2,3)14-12(15)11-7-5-10(6-8-11)9-18(4,16)17/h5-8H,9H2,1-4H3,(H,14,15). The van der Waals surface area contributed by atoms with Gasteiger partial charge in [0.15, 0.2) is 9.84 Å². The van der Waals surface area contributed by atoms with Gasteiger partial charge in [-0.1, -0.05) is 12.1 Å². The summed E-state index contributed by atoms with van der Waals surface area (Å²) >= 11 is 0. The van der Waals surface area contributed by atoms with E-state index in [1.54, 1.807) is 24.3 Å². The van der Waals surface area contributed by atoms with Crippen LogP contribution < -0.4 is 5.32 Å². The van der Waals surface area contributed by atoms with Crippen LogP contribution in [0.2, 0.25) is 0 Å². The number of benzene rings is 1. The largest absolute Gasteiger partial charge is 0.347 e. The Morgan fingerprint density at radius 2 is 1.67 bits per heavy atom. The molecule has 0 saturated heterocycles. The van der Waals surface area contributed by atoms with Crippen LogP contribution in [0.1, 0.15) is 36.7 Å². The summed E-state index contributed by atoms with van der Waals surface area (Å²) < 4.78 is 22.3. The van der Waals surface area contributed by atoms with E-state index in [2.05, 4.69) is 5.32 Å². The van der Waals surface area contributed by atoms with Crippen LogP contribution in [0.5, 0.6) is 0 Å². The van der Waals surface area contributed by atoms with Gasteiger partial charge in [0.05, 0.1) is 5.75 Å². The molecule has 0 aliphatic carbocycles. The highest BCUT2D eigenvalue weighted by atomic mass is 32.2. The van der Waals surface area contributed by atoms with Crippen molar-refractivity contribution in [3.8, 4) is 0 Å². The Morgan fingerprint density at radius 1 is 1.17 bits per heavy atom. The molecule has 1 N–H and O–H groups in total. The number of carbonyl (C=O) groups excluding carboxylic acids is 1. The van der Waals surface area contributed by atoms with Crippen LogP contribution in [0.3, 0.4) is 0 Å². The van der Waals surface area contributed by atoms with Gasteiger partial charge in [-0.2, -0.15) is 0 Å². The van der Waals surface area contributed by atoms with Gasteiger partial charge in [0.25, 0.3) is 5.91 Å². The Morgan fingerprint density at radius 3 is 2.06 bits per heavy atom. The topological polar surface area (TPSA) is 63.2 Å². The third-order valence-corrected chi connectivity index (χ3v) is 2.99. The van der Waals surface area contributed by atoms with Gasteiger partial charge < -0.3 is 5.32 Å². The molecule has 5 heteroatoms. The Bertz CT molecular complexity index is 524. The van der Waals surface area contributed by atoms with Crippen molar-refractivity contribution < 1.29 is 13.2 Å². The maximum Gasteiger partial charge on any atom is 0.251 e. The quantitative estimate of drug-likeness (QED) is 0.909. The van der Waals surface area contributed by atoms with Gasteiger partial charge in [-0.25, -0.2) is 8.42 Å². The summed E-state index contributed by atoms with van der Waals surface area (Å²) in [5, 5.41) is 2.85. The van der Waals surface area contributed by atoms with Gasteiger partial charge in [0.2, 0.25) is 0 Å². The molecule has 1 amide bonds. The summed E-state index contributed by atoms with van der Waals surface area (Å²) in [5.41, 5.74) is 0.926. The van der Waals surface area contributed by atoms with Crippen molar-refractivity contribution in [3.05, 3.63) is 35.4 Å². The first-order valence-corrected chi connectivity index (χ1v) is 7.72. The molecule has 1 aromatic carbocycles. The summed E-state index contributed by atoms with van der Waals surface area (Å²) in [6, 6.07) is 6.61. The maximum atomic E-state index is 11.8. The van der Waals surface area contributed by atoms with E-state index < -0.39 is 9.84 Å². The molecule has 0 aliphatic rings. The van der Waals surface area contributed by atoms with E-state index in [0.29, 0.717) is 11.1 Å². The summed E-state index contributed by atoms with van der Waals surface area (Å²) in [5.74, 6) is -0.165. The average Bonchev–Trinajstić information content (AvgIpc) is 2.13. The molecule has 0 unspecified atom stereocenters. The molecular weight excluding hydrogens is 250 g/mol. The SMILES string of the molecule is CC(C)(C)NC(=O)c1ccc(CS(C)(=O)=O)cc1. The number of sulfone groups is 1. The van der Waals surface area contributed by atoms with Gasteiger partial charge in [-0.05, 0) is 38.5 Å². The zero-order valence-electron chi connectivity index (χ0n) is 11.1. The van der Waals surface area contributed by atoms with Crippen molar-refractivity contribution in [2.24, 2.45) is 0 Å². The van der Waals surface area contributed by atoms with E-state index >= 15 is 0 Å². The van der Waals surface area contributed by atoms with Crippen LogP contribution in [0.25, 0.3) is 0 Å². The summed E-state index contributed by atoms with van der Waals surface area (Å²) in [6.45, 7) is 5.72. The maximum absolute atomic E-state index is 11.8. The Balaban J connectivity index is 2.80. The molecule has 0 saturated carbocycles. The van der Waals surface area contributed by atoms with Gasteiger partial charge in [-0.3, -0.25) is 4.79 Å². The molecule has 1 aromatic rings. The first-order valence-electron chi connectivity index (χ1n) is 5.66. The van der Waals surface area contributed by atoms with E-state index in [4.69, 9.17) is 0 Å². The lowest BCUT2D eigenvalue weighted by Crippen LogP contribution is -2.40. The van der Waals surface area contributed by atoms with Crippen LogP contribution >= 0.6 is 0 Å². The van der Waals surface area contributed by atoms with Gasteiger partial charge in [0, 0.05) is 17.4 Å². The highest BCUT2D eigenvalue weighted by Gasteiger charge is 2.15. The van der Waals surface area contributed by atoms with E-state index in [9.17, 15) is 13.2 Å². The Labute approximate surface area is 108 Å². The third kappa shape index (κ3) is 5.31. The normalized spacial score (nSPS) is 12.2. The van der Waals surface area contributed by atoms with Crippen LogP contribution in [-0.2, 0) is 15.6 Å². The zero-order chi connectivity index (χ0) is 14.0. The number of carbonyl (C=O) groups is 1. The Hall–Kier alpha value is -1.36. The molecule has 0 aromatic heterocycles. The second-order valence-corrected chi connectivity index (χ2v) is 7.61. The third-order valence-electron chi connectivity index (χ3n) is 2.13. The molecule has 0 fully saturated rings. The van der Waals surface area contributed by atoms with Crippen LogP contribution in [0, 0.1) is 0 Å². The van der Waals surface area contributed by atoms with Gasteiger partial charge in [0.1, 0.15) is 0 Å². The molecule has 0 atom stereocenters. The van der Waals surface area contributed by atoms with Gasteiger partial charge in [-0.15, -0.1) is 0 Å². The number of amides is 1. The lowest BCUT2D eigenvalue weighted by molar-refractivity contribution is 0.0919. The van der Waals surface area contributed by atoms with Crippen molar-refractivity contribution in [1.29, 1.82) is 0 Å². The second-order valence-electron chi connectivity index (χ2n) is 5.47. The lowest BCUT2D eigenvalue weighted by Gasteiger charge is -2.20.